The van der Waals surface area contributed by atoms with E-state index < -0.39 is 5.41 Å². The number of benzene rings is 9. The molecule has 1 spiro atoms. The van der Waals surface area contributed by atoms with E-state index in [1.54, 1.807) is 0 Å². The lowest BCUT2D eigenvalue weighted by atomic mass is 9.62. The number of fused-ring (bicyclic) bond motifs is 8. The monoisotopic (exact) mass is 799 g/mol. The lowest BCUT2D eigenvalue weighted by molar-refractivity contribution is 0.384. The molecule has 0 bridgehead atoms. The third kappa shape index (κ3) is 5.96. The van der Waals surface area contributed by atoms with Gasteiger partial charge in [-0.15, -0.1) is 0 Å². The maximum atomic E-state index is 6.64. The van der Waals surface area contributed by atoms with E-state index >= 15 is 0 Å². The van der Waals surface area contributed by atoms with Gasteiger partial charge in [-0.2, -0.15) is 0 Å². The third-order valence-corrected chi connectivity index (χ3v) is 13.5. The Morgan fingerprint density at radius 3 is 1.69 bits per heavy atom. The predicted octanol–water partition coefficient (Wildman–Crippen LogP) is 16.0. The summed E-state index contributed by atoms with van der Waals surface area (Å²) in [7, 11) is 0. The Balaban J connectivity index is 1.14. The number of hydrogen-bond donors (Lipinski definition) is 0. The summed E-state index contributed by atoms with van der Waals surface area (Å²) in [5.41, 5.74) is 12.1. The molecule has 61 heavy (non-hydrogen) atoms. The van der Waals surface area contributed by atoms with E-state index in [-0.39, 0.29) is 0 Å². The van der Waals surface area contributed by atoms with Crippen LogP contribution >= 0.6 is 11.8 Å². The van der Waals surface area contributed by atoms with E-state index in [9.17, 15) is 0 Å². The van der Waals surface area contributed by atoms with Gasteiger partial charge in [0.05, 0.1) is 11.1 Å². The van der Waals surface area contributed by atoms with Gasteiger partial charge in [0.1, 0.15) is 11.5 Å². The smallest absolute Gasteiger partial charge is 0.131 e. The molecule has 1 atom stereocenters. The molecule has 3 heteroatoms. The van der Waals surface area contributed by atoms with Gasteiger partial charge in [0.25, 0.3) is 0 Å². The molecule has 11 rings (SSSR count). The zero-order valence-electron chi connectivity index (χ0n) is 33.8. The topological polar surface area (TPSA) is 12.5 Å². The van der Waals surface area contributed by atoms with Crippen LogP contribution in [0.1, 0.15) is 23.6 Å². The Kier molecular flexibility index (Phi) is 9.06. The first-order valence-electron chi connectivity index (χ1n) is 20.8. The fraction of sp³-hybridized carbons (Fsp3) is 0.0345. The molecule has 0 aliphatic carbocycles. The number of para-hydroxylation sites is 1. The second-order valence-electron chi connectivity index (χ2n) is 15.6. The number of rotatable bonds is 7. The molecule has 9 aromatic rings. The van der Waals surface area contributed by atoms with E-state index in [4.69, 9.17) is 4.74 Å². The Hall–Kier alpha value is -7.33. The predicted molar refractivity (Wildman–Crippen MR) is 257 cm³/mol. The van der Waals surface area contributed by atoms with Crippen molar-refractivity contribution < 1.29 is 4.74 Å². The molecule has 0 saturated carbocycles. The highest BCUT2D eigenvalue weighted by Gasteiger charge is 2.50. The molecule has 1 unspecified atom stereocenters. The van der Waals surface area contributed by atoms with Crippen molar-refractivity contribution in [1.29, 1.82) is 0 Å². The van der Waals surface area contributed by atoms with Crippen LogP contribution < -0.4 is 9.64 Å². The van der Waals surface area contributed by atoms with Crippen molar-refractivity contribution >= 4 is 50.4 Å². The fourth-order valence-corrected chi connectivity index (χ4v) is 11.0. The van der Waals surface area contributed by atoms with Crippen LogP contribution in [0.15, 0.2) is 246 Å². The molecule has 0 aromatic heterocycles. The van der Waals surface area contributed by atoms with Gasteiger partial charge >= 0.3 is 0 Å². The minimum Gasteiger partial charge on any atom is -0.461 e. The van der Waals surface area contributed by atoms with Gasteiger partial charge < -0.3 is 9.64 Å². The quantitative estimate of drug-likeness (QED) is 0.149. The van der Waals surface area contributed by atoms with Crippen molar-refractivity contribution in [2.75, 3.05) is 4.90 Å². The molecule has 290 valence electrons. The minimum absolute atomic E-state index is 0.645. The number of allylic oxidation sites excluding steroid dienone is 5. The van der Waals surface area contributed by atoms with Crippen LogP contribution in [0.3, 0.4) is 0 Å². The van der Waals surface area contributed by atoms with Crippen molar-refractivity contribution in [2.45, 2.75) is 22.1 Å². The maximum Gasteiger partial charge on any atom is 0.131 e. The van der Waals surface area contributed by atoms with Crippen molar-refractivity contribution in [2.24, 2.45) is 0 Å². The summed E-state index contributed by atoms with van der Waals surface area (Å²) in [4.78, 5) is 4.86. The normalized spacial score (nSPS) is 15.4. The van der Waals surface area contributed by atoms with Crippen molar-refractivity contribution in [1.82, 2.24) is 0 Å². The van der Waals surface area contributed by atoms with Crippen molar-refractivity contribution in [3.05, 3.63) is 253 Å². The first-order chi connectivity index (χ1) is 30.1. The van der Waals surface area contributed by atoms with Gasteiger partial charge in [-0.25, -0.2) is 0 Å². The highest BCUT2D eigenvalue weighted by molar-refractivity contribution is 7.99. The lowest BCUT2D eigenvalue weighted by Gasteiger charge is -2.46. The number of ether oxygens (including phenoxy) is 1. The molecular formula is C58H41NOS. The minimum atomic E-state index is -0.645. The Morgan fingerprint density at radius 2 is 1.05 bits per heavy atom. The number of anilines is 3. The van der Waals surface area contributed by atoms with Crippen LogP contribution in [-0.4, -0.2) is 0 Å². The standard InChI is InChI=1S/C58H41NOS/c1-3-4-24-50-39(2)60-55-29-11-9-25-51(55)58(50)52-26-10-12-30-56(52)61-57-53(58)27-15-28-54(57)59(44-35-31-42(32-36-44)48-22-13-18-40-16-5-7-20-46(40)48)45-37-33-43(34-38-45)49-23-14-19-41-17-6-8-21-47(41)49/h3-38H,1H2,2H3/b24-4-. The van der Waals surface area contributed by atoms with Gasteiger partial charge in [-0.1, -0.05) is 194 Å². The molecule has 2 nitrogen and oxygen atoms in total. The van der Waals surface area contributed by atoms with Crippen LogP contribution in [-0.2, 0) is 5.41 Å². The number of hydrogen-bond acceptors (Lipinski definition) is 3. The Bertz CT molecular complexity index is 3100. The van der Waals surface area contributed by atoms with Crippen molar-refractivity contribution in [3.8, 4) is 28.0 Å². The second-order valence-corrected chi connectivity index (χ2v) is 16.7. The summed E-state index contributed by atoms with van der Waals surface area (Å²) in [6.07, 6.45) is 6.07. The van der Waals surface area contributed by atoms with Crippen LogP contribution in [0.2, 0.25) is 0 Å². The first-order valence-corrected chi connectivity index (χ1v) is 21.6. The second kappa shape index (κ2) is 15.0. The van der Waals surface area contributed by atoms with E-state index in [1.807, 2.05) is 23.9 Å². The summed E-state index contributed by atoms with van der Waals surface area (Å²) in [6.45, 7) is 6.15. The molecule has 0 amide bonds. The molecule has 2 aliphatic rings. The van der Waals surface area contributed by atoms with E-state index in [1.165, 1.54) is 64.7 Å². The van der Waals surface area contributed by atoms with E-state index in [2.05, 4.69) is 225 Å². The summed E-state index contributed by atoms with van der Waals surface area (Å²) < 4.78 is 6.64. The fourth-order valence-electron chi connectivity index (χ4n) is 9.67. The van der Waals surface area contributed by atoms with Crippen LogP contribution in [0.4, 0.5) is 17.1 Å². The molecule has 0 fully saturated rings. The van der Waals surface area contributed by atoms with E-state index in [0.717, 1.165) is 39.7 Å². The average molecular weight is 800 g/mol. The zero-order chi connectivity index (χ0) is 40.9. The molecule has 0 saturated heterocycles. The summed E-state index contributed by atoms with van der Waals surface area (Å²) in [5.74, 6) is 1.75. The van der Waals surface area contributed by atoms with Crippen LogP contribution in [0, 0.1) is 0 Å². The van der Waals surface area contributed by atoms with Gasteiger partial charge in [-0.3, -0.25) is 0 Å². The molecule has 2 aliphatic heterocycles. The third-order valence-electron chi connectivity index (χ3n) is 12.3. The summed E-state index contributed by atoms with van der Waals surface area (Å²) in [6, 6.07) is 72.8. The van der Waals surface area contributed by atoms with Gasteiger partial charge in [0.15, 0.2) is 0 Å². The Labute approximate surface area is 361 Å². The largest absolute Gasteiger partial charge is 0.461 e. The zero-order valence-corrected chi connectivity index (χ0v) is 34.6. The Morgan fingerprint density at radius 1 is 0.525 bits per heavy atom. The van der Waals surface area contributed by atoms with Crippen LogP contribution in [0.5, 0.6) is 5.75 Å². The first kappa shape index (κ1) is 36.7. The highest BCUT2D eigenvalue weighted by Crippen LogP contribution is 2.62. The van der Waals surface area contributed by atoms with Crippen molar-refractivity contribution in [3.63, 3.8) is 0 Å². The van der Waals surface area contributed by atoms with E-state index in [0.29, 0.717) is 0 Å². The van der Waals surface area contributed by atoms with Gasteiger partial charge in [0, 0.05) is 32.3 Å². The molecule has 0 N–H and O–H groups in total. The number of nitrogens with zero attached hydrogens (tertiary/aromatic N) is 1. The van der Waals surface area contributed by atoms with Gasteiger partial charge in [0.2, 0.25) is 0 Å². The van der Waals surface area contributed by atoms with Crippen LogP contribution in [0.25, 0.3) is 43.8 Å². The lowest BCUT2D eigenvalue weighted by Crippen LogP contribution is -2.38. The van der Waals surface area contributed by atoms with Gasteiger partial charge in [-0.05, 0) is 104 Å². The molecular weight excluding hydrogens is 759 g/mol. The highest BCUT2D eigenvalue weighted by atomic mass is 32.2. The summed E-state index contributed by atoms with van der Waals surface area (Å²) >= 11 is 1.85. The maximum absolute atomic E-state index is 6.64. The molecule has 9 aromatic carbocycles. The summed E-state index contributed by atoms with van der Waals surface area (Å²) in [5, 5.41) is 4.97. The molecule has 0 radical (unpaired) electrons. The average Bonchev–Trinajstić information content (AvgIpc) is 3.32. The molecule has 2 heterocycles. The SMILES string of the molecule is C=C/C=C\C1=C(C)Oc2ccccc2C12c1ccccc1Sc1c(N(c3ccc(-c4cccc5ccccc45)cc3)c3ccc(-c4cccc5ccccc45)cc3)cccc12.